The lowest BCUT2D eigenvalue weighted by molar-refractivity contribution is -0.938. The van der Waals surface area contributed by atoms with E-state index in [1.54, 1.807) is 12.1 Å². The van der Waals surface area contributed by atoms with Crippen molar-refractivity contribution in [2.75, 3.05) is 39.3 Å². The number of aliphatic hydroxyl groups excluding tert-OH is 1. The van der Waals surface area contributed by atoms with Crippen molar-refractivity contribution in [3.8, 4) is 11.5 Å². The van der Waals surface area contributed by atoms with Gasteiger partial charge < -0.3 is 39.8 Å². The fraction of sp³-hybridized carbons (Fsp3) is 0.286. The zero-order valence-electron chi connectivity index (χ0n) is 33.5. The summed E-state index contributed by atoms with van der Waals surface area (Å²) < 4.78 is 13.1. The van der Waals surface area contributed by atoms with Gasteiger partial charge in [0.05, 0.1) is 30.8 Å². The zero-order valence-corrected chi connectivity index (χ0v) is 33.5. The van der Waals surface area contributed by atoms with Crippen LogP contribution < -0.4 is 20.9 Å². The molecule has 0 aliphatic carbocycles. The predicted molar refractivity (Wildman–Crippen MR) is 230 cm³/mol. The highest BCUT2D eigenvalue weighted by Crippen LogP contribution is 2.36. The molecule has 11 nitrogen and oxygen atoms in total. The maximum Gasteiger partial charge on any atom is 0.408 e. The van der Waals surface area contributed by atoms with Crippen LogP contribution >= 0.6 is 0 Å². The van der Waals surface area contributed by atoms with Crippen LogP contribution in [0.5, 0.6) is 11.5 Å². The molecular weight excluding hydrogens is 757 g/mol. The number of ketones is 1. The van der Waals surface area contributed by atoms with Gasteiger partial charge in [0.15, 0.2) is 6.10 Å². The topological polar surface area (TPSA) is 150 Å². The molecule has 0 spiro atoms. The minimum Gasteiger partial charge on any atom is -0.506 e. The summed E-state index contributed by atoms with van der Waals surface area (Å²) in [4.78, 5) is 41.3. The molecule has 11 heteroatoms. The van der Waals surface area contributed by atoms with Gasteiger partial charge in [0.25, 0.3) is 0 Å². The van der Waals surface area contributed by atoms with Crippen LogP contribution in [-0.2, 0) is 17.8 Å². The molecule has 9 rings (SSSR count). The van der Waals surface area contributed by atoms with Gasteiger partial charge in [-0.05, 0) is 65.0 Å². The number of hydrogen-bond donors (Lipinski definition) is 5. The average molecular weight is 808 g/mol. The lowest BCUT2D eigenvalue weighted by Crippen LogP contribution is -2.66. The van der Waals surface area contributed by atoms with Crippen LogP contribution in [0.4, 0.5) is 4.79 Å². The number of amides is 1. The van der Waals surface area contributed by atoms with Gasteiger partial charge in [0.1, 0.15) is 31.2 Å². The maximum atomic E-state index is 13.7. The fourth-order valence-corrected chi connectivity index (χ4v) is 8.77. The SMILES string of the molecule is O=C(NC(c1ccccc1)c1cccc(OCc2ccc(CCNC[C@H](O)c3ccc(O)c4[nH]c(=O)ccc34)cc2)c1)O[C@H]1C[N+]2(CC(=O)c3ccccc3)CCC1CC2. The monoisotopic (exact) mass is 807 g/mol. The Morgan fingerprint density at radius 1 is 0.817 bits per heavy atom. The van der Waals surface area contributed by atoms with E-state index in [2.05, 4.69) is 27.8 Å². The number of H-pyrrole nitrogens is 1. The van der Waals surface area contributed by atoms with E-state index >= 15 is 0 Å². The Hall–Kier alpha value is -6.27. The van der Waals surface area contributed by atoms with Crippen LogP contribution in [0.1, 0.15) is 63.2 Å². The zero-order chi connectivity index (χ0) is 41.5. The number of nitrogens with one attached hydrogen (secondary N) is 3. The van der Waals surface area contributed by atoms with Crippen molar-refractivity contribution in [2.45, 2.75) is 44.1 Å². The summed E-state index contributed by atoms with van der Waals surface area (Å²) in [5.41, 5.74) is 5.27. The van der Waals surface area contributed by atoms with Gasteiger partial charge in [-0.1, -0.05) is 103 Å². The highest BCUT2D eigenvalue weighted by molar-refractivity contribution is 5.97. The Morgan fingerprint density at radius 3 is 2.30 bits per heavy atom. The number of fused-ring (bicyclic) bond motifs is 4. The number of Topliss-reactive ketones (excluding diaryl/α,β-unsaturated/α-hetero) is 1. The van der Waals surface area contributed by atoms with Gasteiger partial charge in [0.2, 0.25) is 11.3 Å². The van der Waals surface area contributed by atoms with Gasteiger partial charge in [-0.2, -0.15) is 0 Å². The number of aromatic amines is 1. The summed E-state index contributed by atoms with van der Waals surface area (Å²) in [5.74, 6) is 1.05. The summed E-state index contributed by atoms with van der Waals surface area (Å²) in [6.45, 7) is 4.22. The molecule has 0 radical (unpaired) electrons. The normalized spacial score (nSPS) is 19.4. The number of phenolic OH excluding ortho intramolecular Hbond substituents is 1. The molecule has 1 aromatic heterocycles. The number of piperidine rings is 3. The maximum absolute atomic E-state index is 13.7. The van der Waals surface area contributed by atoms with Crippen LogP contribution in [0.15, 0.2) is 138 Å². The largest absolute Gasteiger partial charge is 0.506 e. The van der Waals surface area contributed by atoms with Crippen molar-refractivity contribution in [2.24, 2.45) is 5.92 Å². The molecule has 3 atom stereocenters. The number of phenols is 1. The Balaban J connectivity index is 0.844. The molecule has 3 saturated heterocycles. The van der Waals surface area contributed by atoms with Crippen molar-refractivity contribution in [1.82, 2.24) is 15.6 Å². The molecule has 60 heavy (non-hydrogen) atoms. The number of rotatable bonds is 16. The third-order valence-electron chi connectivity index (χ3n) is 12.1. The Bertz CT molecular complexity index is 2470. The van der Waals surface area contributed by atoms with Gasteiger partial charge in [-0.15, -0.1) is 0 Å². The summed E-state index contributed by atoms with van der Waals surface area (Å²) in [6, 6.07) is 40.9. The number of ether oxygens (including phenoxy) is 2. The highest BCUT2D eigenvalue weighted by atomic mass is 16.6. The van der Waals surface area contributed by atoms with Gasteiger partial charge in [0, 0.05) is 42.3 Å². The first-order valence-electron chi connectivity index (χ1n) is 20.7. The minimum absolute atomic E-state index is 0.0387. The molecule has 3 fully saturated rings. The van der Waals surface area contributed by atoms with E-state index < -0.39 is 18.2 Å². The van der Waals surface area contributed by atoms with E-state index in [4.69, 9.17) is 9.47 Å². The second-order valence-corrected chi connectivity index (χ2v) is 16.1. The quantitative estimate of drug-likeness (QED) is 0.0400. The Kier molecular flexibility index (Phi) is 12.4. The number of alkyl carbamates (subject to hydrolysis) is 1. The van der Waals surface area contributed by atoms with Crippen molar-refractivity contribution < 1.29 is 33.8 Å². The average Bonchev–Trinajstić information content (AvgIpc) is 3.28. The lowest BCUT2D eigenvalue weighted by Gasteiger charge is -2.51. The molecule has 3 aliphatic heterocycles. The third kappa shape index (κ3) is 9.61. The van der Waals surface area contributed by atoms with E-state index in [0.29, 0.717) is 59.5 Å². The predicted octanol–water partition coefficient (Wildman–Crippen LogP) is 6.99. The first-order valence-corrected chi connectivity index (χ1v) is 20.7. The molecule has 5 aromatic carbocycles. The number of nitrogens with zero attached hydrogens (tertiary/aromatic N) is 1. The molecular formula is C49H51N4O7+. The van der Waals surface area contributed by atoms with E-state index in [-0.39, 0.29) is 29.1 Å². The number of benzene rings is 5. The highest BCUT2D eigenvalue weighted by Gasteiger charge is 2.48. The number of carbonyl (C=O) groups excluding carboxylic acids is 2. The second kappa shape index (κ2) is 18.3. The minimum atomic E-state index is -0.821. The van der Waals surface area contributed by atoms with Crippen LogP contribution in [0, 0.1) is 5.92 Å². The molecule has 1 amide bonds. The standard InChI is InChI=1S/C49H50N4O7/c54-42-20-18-40(41-19-21-46(57)51-48(41)42)43(55)29-50-25-22-33-14-16-34(17-15-33)32-59-39-13-7-12-38(28-39)47(37-10-5-2-6-11-37)52-49(58)60-45-31-53(26-23-36(45)24-27-53)30-44(56)35-8-3-1-4-9-35/h1-21,28,36,43,45,47,50,55H,22-27,29-32H2,(H2-,51,52,54,57,58)/p+1/t36?,43-,45-,47?,53?/m0/s1. The summed E-state index contributed by atoms with van der Waals surface area (Å²) >= 11 is 0. The van der Waals surface area contributed by atoms with E-state index in [1.807, 2.05) is 97.1 Å². The summed E-state index contributed by atoms with van der Waals surface area (Å²) in [6.07, 6.45) is 1.06. The molecule has 2 bridgehead atoms. The Labute approximate surface area is 349 Å². The van der Waals surface area contributed by atoms with Crippen molar-refractivity contribution in [3.63, 3.8) is 0 Å². The molecule has 0 saturated carbocycles. The van der Waals surface area contributed by atoms with Crippen molar-refractivity contribution in [1.29, 1.82) is 0 Å². The number of pyridine rings is 1. The number of aliphatic hydroxyl groups is 1. The van der Waals surface area contributed by atoms with E-state index in [1.165, 1.54) is 12.1 Å². The number of hydrogen-bond acceptors (Lipinski definition) is 8. The molecule has 308 valence electrons. The second-order valence-electron chi connectivity index (χ2n) is 16.1. The third-order valence-corrected chi connectivity index (χ3v) is 12.1. The number of carbonyl (C=O) groups is 2. The van der Waals surface area contributed by atoms with Crippen molar-refractivity contribution >= 4 is 22.8 Å². The first kappa shape index (κ1) is 40.5. The smallest absolute Gasteiger partial charge is 0.408 e. The van der Waals surface area contributed by atoms with Crippen LogP contribution in [0.3, 0.4) is 0 Å². The van der Waals surface area contributed by atoms with Crippen LogP contribution in [-0.4, -0.2) is 76.9 Å². The summed E-state index contributed by atoms with van der Waals surface area (Å²) in [7, 11) is 0. The van der Waals surface area contributed by atoms with E-state index in [0.717, 1.165) is 60.2 Å². The van der Waals surface area contributed by atoms with Gasteiger partial charge in [-0.25, -0.2) is 4.79 Å². The lowest BCUT2D eigenvalue weighted by atomic mass is 9.83. The van der Waals surface area contributed by atoms with Crippen LogP contribution in [0.2, 0.25) is 0 Å². The molecule has 3 aliphatic rings. The number of aromatic nitrogens is 1. The Morgan fingerprint density at radius 2 is 1.53 bits per heavy atom. The fourth-order valence-electron chi connectivity index (χ4n) is 8.77. The van der Waals surface area contributed by atoms with Crippen molar-refractivity contribution in [3.05, 3.63) is 177 Å². The number of aromatic hydroxyl groups is 1. The molecule has 5 N–H and O–H groups in total. The molecule has 4 heterocycles. The van der Waals surface area contributed by atoms with Crippen LogP contribution in [0.25, 0.3) is 10.9 Å². The first-order chi connectivity index (χ1) is 29.2. The van der Waals surface area contributed by atoms with Gasteiger partial charge >= 0.3 is 6.09 Å². The van der Waals surface area contributed by atoms with E-state index in [9.17, 15) is 24.6 Å². The molecule has 1 unspecified atom stereocenters. The summed E-state index contributed by atoms with van der Waals surface area (Å²) in [5, 5.41) is 28.1. The molecule has 6 aromatic rings. The number of quaternary nitrogens is 1. The van der Waals surface area contributed by atoms with Gasteiger partial charge in [-0.3, -0.25) is 9.59 Å².